The summed E-state index contributed by atoms with van der Waals surface area (Å²) in [4.78, 5) is 11.1. The lowest BCUT2D eigenvalue weighted by atomic mass is 10.1. The molecule has 0 heterocycles. The van der Waals surface area contributed by atoms with Crippen LogP contribution >= 0.6 is 0 Å². The number of carbonyl (C=O) groups is 1. The lowest BCUT2D eigenvalue weighted by Gasteiger charge is -2.12. The maximum absolute atomic E-state index is 11.1. The molecule has 1 unspecified atom stereocenters. The maximum Gasteiger partial charge on any atom is 0.305 e. The first-order chi connectivity index (χ1) is 8.20. The number of carbonyl (C=O) groups excluding carboxylic acids is 1. The van der Waals surface area contributed by atoms with Gasteiger partial charge in [-0.15, -0.1) is 0 Å². The molecular formula is C14H29NO2. The average molecular weight is 243 g/mol. The molecule has 0 saturated heterocycles. The largest absolute Gasteiger partial charge is 0.466 e. The van der Waals surface area contributed by atoms with Gasteiger partial charge in [0.05, 0.1) is 6.61 Å². The van der Waals surface area contributed by atoms with Crippen LogP contribution in [0.25, 0.3) is 0 Å². The number of hydrogen-bond donors (Lipinski definition) is 1. The first kappa shape index (κ1) is 16.4. The van der Waals surface area contributed by atoms with Gasteiger partial charge in [-0.3, -0.25) is 4.79 Å². The standard InChI is InChI=1S/C14H29NO2/c1-4-6-10-13(3)15-12-9-7-8-11-14(16)17-5-2/h13,15H,4-12H2,1-3H3. The summed E-state index contributed by atoms with van der Waals surface area (Å²) in [5, 5.41) is 3.51. The summed E-state index contributed by atoms with van der Waals surface area (Å²) in [6.07, 6.45) is 7.60. The topological polar surface area (TPSA) is 38.3 Å². The van der Waals surface area contributed by atoms with Gasteiger partial charge in [0.15, 0.2) is 0 Å². The van der Waals surface area contributed by atoms with Gasteiger partial charge in [0, 0.05) is 12.5 Å². The Morgan fingerprint density at radius 1 is 1.18 bits per heavy atom. The Morgan fingerprint density at radius 3 is 2.59 bits per heavy atom. The van der Waals surface area contributed by atoms with Crippen molar-refractivity contribution in [2.75, 3.05) is 13.2 Å². The minimum absolute atomic E-state index is 0.0585. The van der Waals surface area contributed by atoms with Crippen LogP contribution in [0.2, 0.25) is 0 Å². The molecule has 0 fully saturated rings. The number of nitrogens with one attached hydrogen (secondary N) is 1. The predicted molar refractivity (Wildman–Crippen MR) is 72.1 cm³/mol. The highest BCUT2D eigenvalue weighted by atomic mass is 16.5. The summed E-state index contributed by atoms with van der Waals surface area (Å²) in [7, 11) is 0. The normalized spacial score (nSPS) is 12.4. The van der Waals surface area contributed by atoms with Gasteiger partial charge in [-0.05, 0) is 39.7 Å². The van der Waals surface area contributed by atoms with Gasteiger partial charge in [0.25, 0.3) is 0 Å². The van der Waals surface area contributed by atoms with E-state index in [2.05, 4.69) is 19.2 Å². The molecule has 0 saturated carbocycles. The zero-order valence-corrected chi connectivity index (χ0v) is 11.8. The predicted octanol–water partition coefficient (Wildman–Crippen LogP) is 3.28. The summed E-state index contributed by atoms with van der Waals surface area (Å²) in [6, 6.07) is 0.625. The van der Waals surface area contributed by atoms with E-state index in [1.54, 1.807) is 0 Å². The van der Waals surface area contributed by atoms with Crippen LogP contribution in [0.1, 0.15) is 65.7 Å². The van der Waals surface area contributed by atoms with Crippen molar-refractivity contribution in [3.63, 3.8) is 0 Å². The van der Waals surface area contributed by atoms with Gasteiger partial charge >= 0.3 is 5.97 Å². The quantitative estimate of drug-likeness (QED) is 0.447. The summed E-state index contributed by atoms with van der Waals surface area (Å²) in [5.74, 6) is -0.0585. The van der Waals surface area contributed by atoms with E-state index < -0.39 is 0 Å². The highest BCUT2D eigenvalue weighted by Crippen LogP contribution is 2.02. The van der Waals surface area contributed by atoms with Crippen molar-refractivity contribution < 1.29 is 9.53 Å². The third kappa shape index (κ3) is 11.7. The molecule has 0 spiro atoms. The van der Waals surface area contributed by atoms with E-state index in [-0.39, 0.29) is 5.97 Å². The number of rotatable bonds is 11. The van der Waals surface area contributed by atoms with Gasteiger partial charge in [-0.1, -0.05) is 26.2 Å². The van der Waals surface area contributed by atoms with Gasteiger partial charge < -0.3 is 10.1 Å². The third-order valence-electron chi connectivity index (χ3n) is 2.85. The van der Waals surface area contributed by atoms with E-state index >= 15 is 0 Å². The Morgan fingerprint density at radius 2 is 1.94 bits per heavy atom. The van der Waals surface area contributed by atoms with Crippen LogP contribution in [-0.4, -0.2) is 25.2 Å². The second kappa shape index (κ2) is 11.9. The van der Waals surface area contributed by atoms with E-state index in [0.717, 1.165) is 25.8 Å². The number of hydrogen-bond acceptors (Lipinski definition) is 3. The number of ether oxygens (including phenoxy) is 1. The molecule has 3 heteroatoms. The Balaban J connectivity index is 3.20. The molecule has 1 atom stereocenters. The fraction of sp³-hybridized carbons (Fsp3) is 0.929. The molecule has 102 valence electrons. The highest BCUT2D eigenvalue weighted by molar-refractivity contribution is 5.69. The fourth-order valence-electron chi connectivity index (χ4n) is 1.77. The molecule has 0 amide bonds. The molecule has 0 bridgehead atoms. The summed E-state index contributed by atoms with van der Waals surface area (Å²) < 4.78 is 4.88. The van der Waals surface area contributed by atoms with Crippen molar-refractivity contribution >= 4 is 5.97 Å². The van der Waals surface area contributed by atoms with Crippen molar-refractivity contribution in [2.45, 2.75) is 71.8 Å². The Hall–Kier alpha value is -0.570. The van der Waals surface area contributed by atoms with E-state index in [1.165, 1.54) is 19.3 Å². The lowest BCUT2D eigenvalue weighted by molar-refractivity contribution is -0.143. The van der Waals surface area contributed by atoms with Crippen molar-refractivity contribution in [1.82, 2.24) is 5.32 Å². The Bertz CT molecular complexity index is 183. The smallest absolute Gasteiger partial charge is 0.305 e. The van der Waals surface area contributed by atoms with Gasteiger partial charge in [0.1, 0.15) is 0 Å². The molecule has 0 aromatic heterocycles. The van der Waals surface area contributed by atoms with Crippen LogP contribution < -0.4 is 5.32 Å². The lowest BCUT2D eigenvalue weighted by Crippen LogP contribution is -2.26. The first-order valence-corrected chi connectivity index (χ1v) is 7.09. The third-order valence-corrected chi connectivity index (χ3v) is 2.85. The molecule has 17 heavy (non-hydrogen) atoms. The monoisotopic (exact) mass is 243 g/mol. The molecular weight excluding hydrogens is 214 g/mol. The summed E-state index contributed by atoms with van der Waals surface area (Å²) in [6.45, 7) is 7.87. The zero-order valence-electron chi connectivity index (χ0n) is 11.8. The zero-order chi connectivity index (χ0) is 12.9. The van der Waals surface area contributed by atoms with E-state index in [1.807, 2.05) is 6.92 Å². The molecule has 0 aliphatic rings. The molecule has 0 aromatic rings. The van der Waals surface area contributed by atoms with E-state index in [0.29, 0.717) is 19.1 Å². The van der Waals surface area contributed by atoms with Gasteiger partial charge in [-0.2, -0.15) is 0 Å². The molecule has 0 aliphatic carbocycles. The fourth-order valence-corrected chi connectivity index (χ4v) is 1.77. The van der Waals surface area contributed by atoms with Crippen molar-refractivity contribution in [2.24, 2.45) is 0 Å². The highest BCUT2D eigenvalue weighted by Gasteiger charge is 2.02. The molecule has 0 rings (SSSR count). The van der Waals surface area contributed by atoms with Crippen LogP contribution in [0.3, 0.4) is 0 Å². The first-order valence-electron chi connectivity index (χ1n) is 7.09. The van der Waals surface area contributed by atoms with Crippen molar-refractivity contribution in [3.05, 3.63) is 0 Å². The second-order valence-corrected chi connectivity index (χ2v) is 4.61. The molecule has 1 N–H and O–H groups in total. The minimum Gasteiger partial charge on any atom is -0.466 e. The van der Waals surface area contributed by atoms with Crippen LogP contribution in [0, 0.1) is 0 Å². The maximum atomic E-state index is 11.1. The van der Waals surface area contributed by atoms with Crippen molar-refractivity contribution in [3.8, 4) is 0 Å². The number of unbranched alkanes of at least 4 members (excludes halogenated alkanes) is 3. The molecule has 0 aromatic carbocycles. The number of esters is 1. The summed E-state index contributed by atoms with van der Waals surface area (Å²) in [5.41, 5.74) is 0. The van der Waals surface area contributed by atoms with Crippen LogP contribution in [0.5, 0.6) is 0 Å². The SMILES string of the molecule is CCCCC(C)NCCCCCC(=O)OCC. The summed E-state index contributed by atoms with van der Waals surface area (Å²) >= 11 is 0. The minimum atomic E-state index is -0.0585. The van der Waals surface area contributed by atoms with Crippen LogP contribution in [-0.2, 0) is 9.53 Å². The van der Waals surface area contributed by atoms with Crippen LogP contribution in [0.4, 0.5) is 0 Å². The van der Waals surface area contributed by atoms with Gasteiger partial charge in [0.2, 0.25) is 0 Å². The second-order valence-electron chi connectivity index (χ2n) is 4.61. The van der Waals surface area contributed by atoms with E-state index in [9.17, 15) is 4.79 Å². The molecule has 0 radical (unpaired) electrons. The van der Waals surface area contributed by atoms with Crippen molar-refractivity contribution in [1.29, 1.82) is 0 Å². The molecule has 3 nitrogen and oxygen atoms in total. The molecule has 0 aliphatic heterocycles. The Labute approximate surface area is 106 Å². The van der Waals surface area contributed by atoms with Crippen LogP contribution in [0.15, 0.2) is 0 Å². The van der Waals surface area contributed by atoms with Gasteiger partial charge in [-0.25, -0.2) is 0 Å². The average Bonchev–Trinajstić information content (AvgIpc) is 2.31. The van der Waals surface area contributed by atoms with E-state index in [4.69, 9.17) is 4.74 Å². The Kier molecular flexibility index (Phi) is 11.5.